The van der Waals surface area contributed by atoms with Crippen LogP contribution in [0.25, 0.3) is 0 Å². The van der Waals surface area contributed by atoms with Crippen molar-refractivity contribution < 1.29 is 16.8 Å². The third kappa shape index (κ3) is 2.75. The number of hydrogen-bond donors (Lipinski definition) is 2. The first-order valence-electron chi connectivity index (χ1n) is 3.48. The van der Waals surface area contributed by atoms with Crippen molar-refractivity contribution in [2.45, 2.75) is 9.79 Å². The summed E-state index contributed by atoms with van der Waals surface area (Å²) in [5.74, 6) is 0. The van der Waals surface area contributed by atoms with Crippen molar-refractivity contribution in [2.75, 3.05) is 0 Å². The highest BCUT2D eigenvalue weighted by Crippen LogP contribution is 2.27. The molecule has 0 bridgehead atoms. The van der Waals surface area contributed by atoms with Crippen LogP contribution in [0.2, 0.25) is 0 Å². The van der Waals surface area contributed by atoms with Gasteiger partial charge >= 0.3 is 0 Å². The molecule has 1 aromatic rings. The van der Waals surface area contributed by atoms with Crippen LogP contribution < -0.4 is 10.3 Å². The molecule has 0 fully saturated rings. The van der Waals surface area contributed by atoms with Crippen LogP contribution in [0.4, 0.5) is 0 Å². The molecule has 0 atom stereocenters. The van der Waals surface area contributed by atoms with Crippen LogP contribution in [0.1, 0.15) is 0 Å². The predicted molar refractivity (Wildman–Crippen MR) is 56.9 cm³/mol. The second-order valence-corrected chi connectivity index (χ2v) is 6.51. The molecular weight excluding hydrogens is 308 g/mol. The van der Waals surface area contributed by atoms with Gasteiger partial charge in [0.2, 0.25) is 20.0 Å². The fraction of sp³-hybridized carbons (Fsp3) is 0. The van der Waals surface area contributed by atoms with Crippen molar-refractivity contribution in [3.8, 4) is 0 Å². The molecule has 0 saturated heterocycles. The molecule has 0 spiro atoms. The molecule has 0 amide bonds. The van der Waals surface area contributed by atoms with E-state index in [1.165, 1.54) is 18.2 Å². The molecule has 0 aliphatic rings. The van der Waals surface area contributed by atoms with E-state index < -0.39 is 20.0 Å². The van der Waals surface area contributed by atoms with Gasteiger partial charge in [-0.05, 0) is 28.1 Å². The van der Waals surface area contributed by atoms with E-state index in [1.807, 2.05) is 0 Å². The molecule has 1 rings (SSSR count). The molecule has 0 radical (unpaired) electrons. The Morgan fingerprint density at radius 2 is 1.27 bits per heavy atom. The maximum absolute atomic E-state index is 11.0. The van der Waals surface area contributed by atoms with Gasteiger partial charge in [0.25, 0.3) is 0 Å². The average Bonchev–Trinajstić information content (AvgIpc) is 1.99. The zero-order valence-corrected chi connectivity index (χ0v) is 10.4. The topological polar surface area (TPSA) is 120 Å². The highest BCUT2D eigenvalue weighted by atomic mass is 79.9. The molecule has 0 heterocycles. The number of nitrogens with two attached hydrogens (primary N) is 2. The summed E-state index contributed by atoms with van der Waals surface area (Å²) in [5, 5.41) is 9.75. The minimum atomic E-state index is -3.98. The maximum Gasteiger partial charge on any atom is 0.239 e. The number of hydrogen-bond acceptors (Lipinski definition) is 4. The van der Waals surface area contributed by atoms with E-state index in [4.69, 9.17) is 10.3 Å². The minimum Gasteiger partial charge on any atom is -0.225 e. The lowest BCUT2D eigenvalue weighted by Gasteiger charge is -2.05. The zero-order valence-electron chi connectivity index (χ0n) is 7.21. The number of sulfonamides is 2. The first kappa shape index (κ1) is 12.6. The van der Waals surface area contributed by atoms with Crippen LogP contribution in [-0.2, 0) is 20.0 Å². The van der Waals surface area contributed by atoms with Gasteiger partial charge in [0.15, 0.2) is 0 Å². The van der Waals surface area contributed by atoms with Gasteiger partial charge in [0.1, 0.15) is 0 Å². The lowest BCUT2D eigenvalue weighted by atomic mass is 10.4. The molecule has 15 heavy (non-hydrogen) atoms. The number of primary sulfonamides is 2. The Kier molecular flexibility index (Phi) is 3.22. The van der Waals surface area contributed by atoms with Gasteiger partial charge < -0.3 is 0 Å². The van der Waals surface area contributed by atoms with Gasteiger partial charge in [0.05, 0.1) is 14.3 Å². The third-order valence-corrected chi connectivity index (χ3v) is 4.83. The second-order valence-electron chi connectivity index (χ2n) is 2.66. The maximum atomic E-state index is 11.0. The normalized spacial score (nSPS) is 12.7. The summed E-state index contributed by atoms with van der Waals surface area (Å²) in [5.41, 5.74) is 0. The van der Waals surface area contributed by atoms with E-state index in [2.05, 4.69) is 15.9 Å². The second kappa shape index (κ2) is 3.83. The van der Waals surface area contributed by atoms with E-state index in [1.54, 1.807) is 0 Å². The van der Waals surface area contributed by atoms with Crippen molar-refractivity contribution in [1.82, 2.24) is 0 Å². The molecule has 0 aliphatic heterocycles. The van der Waals surface area contributed by atoms with E-state index in [0.29, 0.717) is 0 Å². The fourth-order valence-corrected chi connectivity index (χ4v) is 3.87. The molecule has 1 aromatic carbocycles. The highest BCUT2D eigenvalue weighted by Gasteiger charge is 2.20. The Labute approximate surface area is 95.5 Å². The summed E-state index contributed by atoms with van der Waals surface area (Å²) in [4.78, 5) is -0.650. The third-order valence-electron chi connectivity index (χ3n) is 1.54. The van der Waals surface area contributed by atoms with Gasteiger partial charge in [-0.2, -0.15) is 0 Å². The Hall–Kier alpha value is -0.480. The molecule has 9 heteroatoms. The summed E-state index contributed by atoms with van der Waals surface area (Å²) < 4.78 is 44.0. The molecular formula is C6H7BrN2O4S2. The summed E-state index contributed by atoms with van der Waals surface area (Å²) in [6.07, 6.45) is 0. The standard InChI is InChI=1S/C6H7BrN2O4S2/c7-6-4(14(8,10)11)2-1-3-5(6)15(9,12)13/h1-3H,(H2,8,10,11)(H2,9,12,13). The Bertz CT molecular complexity index is 543. The van der Waals surface area contributed by atoms with Gasteiger partial charge in [-0.25, -0.2) is 27.1 Å². The summed E-state index contributed by atoms with van der Waals surface area (Å²) >= 11 is 2.83. The predicted octanol–water partition coefficient (Wildman–Crippen LogP) is -0.256. The van der Waals surface area contributed by atoms with Crippen molar-refractivity contribution in [2.24, 2.45) is 10.3 Å². The van der Waals surface area contributed by atoms with Gasteiger partial charge in [-0.1, -0.05) is 6.07 Å². The van der Waals surface area contributed by atoms with Gasteiger partial charge in [0, 0.05) is 0 Å². The fourth-order valence-electron chi connectivity index (χ4n) is 0.930. The number of benzene rings is 1. The van der Waals surface area contributed by atoms with Crippen LogP contribution in [-0.4, -0.2) is 16.8 Å². The van der Waals surface area contributed by atoms with E-state index in [9.17, 15) is 16.8 Å². The lowest BCUT2D eigenvalue weighted by molar-refractivity contribution is 0.595. The van der Waals surface area contributed by atoms with Crippen LogP contribution >= 0.6 is 15.9 Å². The minimum absolute atomic E-state index is 0.157. The number of rotatable bonds is 2. The van der Waals surface area contributed by atoms with Crippen LogP contribution in [0.3, 0.4) is 0 Å². The lowest BCUT2D eigenvalue weighted by Crippen LogP contribution is -2.17. The average molecular weight is 315 g/mol. The van der Waals surface area contributed by atoms with Gasteiger partial charge in [-0.15, -0.1) is 0 Å². The van der Waals surface area contributed by atoms with Crippen molar-refractivity contribution in [3.05, 3.63) is 22.7 Å². The summed E-state index contributed by atoms with van der Waals surface area (Å²) in [6, 6.07) is 3.59. The SMILES string of the molecule is NS(=O)(=O)c1cccc(S(N)(=O)=O)c1Br. The summed E-state index contributed by atoms with van der Waals surface area (Å²) in [7, 11) is -7.97. The van der Waals surface area contributed by atoms with Crippen molar-refractivity contribution in [1.29, 1.82) is 0 Å². The molecule has 0 unspecified atom stereocenters. The largest absolute Gasteiger partial charge is 0.239 e. The molecule has 0 aliphatic carbocycles. The zero-order chi connectivity index (χ0) is 11.9. The highest BCUT2D eigenvalue weighted by molar-refractivity contribution is 9.10. The molecule has 84 valence electrons. The van der Waals surface area contributed by atoms with Crippen LogP contribution in [0.5, 0.6) is 0 Å². The van der Waals surface area contributed by atoms with Crippen LogP contribution in [0, 0.1) is 0 Å². The molecule has 6 nitrogen and oxygen atoms in total. The van der Waals surface area contributed by atoms with Crippen molar-refractivity contribution in [3.63, 3.8) is 0 Å². The summed E-state index contributed by atoms with van der Waals surface area (Å²) in [6.45, 7) is 0. The van der Waals surface area contributed by atoms with Crippen molar-refractivity contribution >= 4 is 36.0 Å². The Morgan fingerprint density at radius 1 is 0.933 bits per heavy atom. The number of halogens is 1. The molecule has 4 N–H and O–H groups in total. The van der Waals surface area contributed by atoms with Crippen LogP contribution in [0.15, 0.2) is 32.5 Å². The Balaban J connectivity index is 3.65. The quantitative estimate of drug-likeness (QED) is 0.781. The van der Waals surface area contributed by atoms with Gasteiger partial charge in [-0.3, -0.25) is 0 Å². The Morgan fingerprint density at radius 3 is 1.53 bits per heavy atom. The first-order valence-corrected chi connectivity index (χ1v) is 7.36. The van der Waals surface area contributed by atoms with E-state index in [0.717, 1.165) is 0 Å². The first-order chi connectivity index (χ1) is 6.64. The van der Waals surface area contributed by atoms with E-state index >= 15 is 0 Å². The molecule has 0 aromatic heterocycles. The smallest absolute Gasteiger partial charge is 0.225 e. The van der Waals surface area contributed by atoms with E-state index in [-0.39, 0.29) is 14.3 Å². The molecule has 0 saturated carbocycles. The monoisotopic (exact) mass is 314 g/mol.